The number of likely N-dealkylation sites (N-methyl/N-ethyl adjacent to an activating group) is 1. The van der Waals surface area contributed by atoms with Crippen molar-refractivity contribution in [2.24, 2.45) is 0 Å². The summed E-state index contributed by atoms with van der Waals surface area (Å²) in [4.78, 5) is 26.1. The molecule has 0 atom stereocenters. The third-order valence-corrected chi connectivity index (χ3v) is 4.23. The van der Waals surface area contributed by atoms with Crippen molar-refractivity contribution in [1.29, 1.82) is 0 Å². The third kappa shape index (κ3) is 8.55. The number of para-hydroxylation sites is 1. The summed E-state index contributed by atoms with van der Waals surface area (Å²) in [5.74, 6) is -0.446. The number of methoxy groups -OCH3 is 1. The minimum atomic E-state index is -4.82. The van der Waals surface area contributed by atoms with Crippen molar-refractivity contribution < 1.29 is 32.2 Å². The molecule has 0 saturated heterocycles. The first kappa shape index (κ1) is 24.0. The zero-order valence-corrected chi connectivity index (χ0v) is 17.2. The van der Waals surface area contributed by atoms with E-state index in [-0.39, 0.29) is 36.9 Å². The monoisotopic (exact) mass is 439 g/mol. The number of carbonyl (C=O) groups excluding carboxylic acids is 2. The largest absolute Gasteiger partial charge is 0.573 e. The van der Waals surface area contributed by atoms with Crippen molar-refractivity contribution >= 4 is 17.5 Å². The number of amides is 2. The van der Waals surface area contributed by atoms with E-state index in [1.54, 1.807) is 49.3 Å². The van der Waals surface area contributed by atoms with Crippen LogP contribution in [0.25, 0.3) is 0 Å². The molecule has 0 fully saturated rings. The van der Waals surface area contributed by atoms with Gasteiger partial charge in [0.2, 0.25) is 11.8 Å². The van der Waals surface area contributed by atoms with Crippen LogP contribution in [-0.2, 0) is 16.1 Å². The van der Waals surface area contributed by atoms with E-state index in [4.69, 9.17) is 4.74 Å². The van der Waals surface area contributed by atoms with E-state index in [0.29, 0.717) is 18.0 Å². The molecule has 31 heavy (non-hydrogen) atoms. The van der Waals surface area contributed by atoms with Crippen LogP contribution in [0.4, 0.5) is 18.9 Å². The summed E-state index contributed by atoms with van der Waals surface area (Å²) >= 11 is 0. The van der Waals surface area contributed by atoms with Gasteiger partial charge in [0.15, 0.2) is 0 Å². The van der Waals surface area contributed by atoms with Crippen LogP contribution in [-0.4, -0.2) is 49.8 Å². The average Bonchev–Trinajstić information content (AvgIpc) is 2.72. The van der Waals surface area contributed by atoms with Gasteiger partial charge in [-0.1, -0.05) is 25.1 Å². The lowest BCUT2D eigenvalue weighted by atomic mass is 10.2. The van der Waals surface area contributed by atoms with Crippen LogP contribution in [0, 0.1) is 0 Å². The number of hydrogen-bond acceptors (Lipinski definition) is 5. The van der Waals surface area contributed by atoms with Gasteiger partial charge in [-0.05, 0) is 36.9 Å². The molecule has 2 aromatic rings. The Bertz CT molecular complexity index is 873. The molecular weight excluding hydrogens is 415 g/mol. The summed E-state index contributed by atoms with van der Waals surface area (Å²) in [6.07, 6.45) is -4.82. The lowest BCUT2D eigenvalue weighted by Crippen LogP contribution is -2.40. The number of nitrogens with zero attached hydrogens (tertiary/aromatic N) is 1. The quantitative estimate of drug-likeness (QED) is 0.595. The van der Waals surface area contributed by atoms with Crippen LogP contribution in [0.5, 0.6) is 11.5 Å². The Morgan fingerprint density at radius 1 is 1.00 bits per heavy atom. The van der Waals surface area contributed by atoms with E-state index in [1.807, 2.05) is 0 Å². The van der Waals surface area contributed by atoms with Gasteiger partial charge in [0.05, 0.1) is 20.2 Å². The van der Waals surface area contributed by atoms with Gasteiger partial charge in [0, 0.05) is 17.8 Å². The van der Waals surface area contributed by atoms with Crippen LogP contribution in [0.1, 0.15) is 12.5 Å². The Morgan fingerprint density at radius 2 is 1.65 bits per heavy atom. The second kappa shape index (κ2) is 11.2. The van der Waals surface area contributed by atoms with Gasteiger partial charge in [0.1, 0.15) is 11.5 Å². The van der Waals surface area contributed by atoms with E-state index in [0.717, 1.165) is 0 Å². The molecule has 0 aliphatic carbocycles. The predicted molar refractivity (Wildman–Crippen MR) is 109 cm³/mol. The fourth-order valence-corrected chi connectivity index (χ4v) is 2.68. The maximum absolute atomic E-state index is 12.5. The molecule has 2 amide bonds. The minimum Gasteiger partial charge on any atom is -0.497 e. The SMILES string of the molecule is CCN(CC(=O)NCc1ccccc1OC(F)(F)F)CC(=O)Nc1ccc(OC)cc1. The summed E-state index contributed by atoms with van der Waals surface area (Å²) in [6, 6.07) is 12.4. The molecule has 2 rings (SSSR count). The Kier molecular flexibility index (Phi) is 8.68. The van der Waals surface area contributed by atoms with Crippen molar-refractivity contribution in [3.8, 4) is 11.5 Å². The van der Waals surface area contributed by atoms with Gasteiger partial charge in [-0.15, -0.1) is 13.2 Å². The lowest BCUT2D eigenvalue weighted by molar-refractivity contribution is -0.274. The summed E-state index contributed by atoms with van der Waals surface area (Å²) in [5, 5.41) is 5.28. The molecule has 0 saturated carbocycles. The smallest absolute Gasteiger partial charge is 0.497 e. The molecule has 10 heteroatoms. The Labute approximate surface area is 178 Å². The highest BCUT2D eigenvalue weighted by atomic mass is 19.4. The van der Waals surface area contributed by atoms with Gasteiger partial charge in [-0.3, -0.25) is 14.5 Å². The van der Waals surface area contributed by atoms with Crippen LogP contribution < -0.4 is 20.1 Å². The van der Waals surface area contributed by atoms with Crippen molar-refractivity contribution in [2.45, 2.75) is 19.8 Å². The maximum Gasteiger partial charge on any atom is 0.573 e. The Hall–Kier alpha value is -3.27. The number of hydrogen-bond donors (Lipinski definition) is 2. The Morgan fingerprint density at radius 3 is 2.26 bits per heavy atom. The zero-order chi connectivity index (χ0) is 22.9. The van der Waals surface area contributed by atoms with E-state index in [2.05, 4.69) is 15.4 Å². The highest BCUT2D eigenvalue weighted by Gasteiger charge is 2.32. The molecule has 2 N–H and O–H groups in total. The number of anilines is 1. The molecule has 168 valence electrons. The molecular formula is C21H24F3N3O4. The second-order valence-corrected chi connectivity index (χ2v) is 6.51. The van der Waals surface area contributed by atoms with E-state index < -0.39 is 12.3 Å². The molecule has 7 nitrogen and oxygen atoms in total. The number of ether oxygens (including phenoxy) is 2. The van der Waals surface area contributed by atoms with Gasteiger partial charge < -0.3 is 20.1 Å². The van der Waals surface area contributed by atoms with Crippen molar-refractivity contribution in [3.05, 3.63) is 54.1 Å². The normalized spacial score (nSPS) is 11.2. The van der Waals surface area contributed by atoms with E-state index in [9.17, 15) is 22.8 Å². The van der Waals surface area contributed by atoms with Crippen molar-refractivity contribution in [3.63, 3.8) is 0 Å². The first-order valence-corrected chi connectivity index (χ1v) is 9.46. The Balaban J connectivity index is 1.85. The highest BCUT2D eigenvalue weighted by Crippen LogP contribution is 2.26. The summed E-state index contributed by atoms with van der Waals surface area (Å²) in [5.41, 5.74) is 0.779. The second-order valence-electron chi connectivity index (χ2n) is 6.51. The van der Waals surface area contributed by atoms with Crippen LogP contribution >= 0.6 is 0 Å². The first-order valence-electron chi connectivity index (χ1n) is 9.46. The number of rotatable bonds is 10. The van der Waals surface area contributed by atoms with Crippen LogP contribution in [0.15, 0.2) is 48.5 Å². The summed E-state index contributed by atoms with van der Waals surface area (Å²) in [7, 11) is 1.54. The van der Waals surface area contributed by atoms with Crippen molar-refractivity contribution in [1.82, 2.24) is 10.2 Å². The molecule has 0 aliphatic rings. The number of benzene rings is 2. The van der Waals surface area contributed by atoms with Gasteiger partial charge >= 0.3 is 6.36 Å². The number of alkyl halides is 3. The molecule has 0 radical (unpaired) electrons. The molecule has 2 aromatic carbocycles. The average molecular weight is 439 g/mol. The molecule has 0 spiro atoms. The standard InChI is InChI=1S/C21H24F3N3O4/c1-3-27(14-20(29)26-16-8-10-17(30-2)11-9-16)13-19(28)25-12-15-6-4-5-7-18(15)31-21(22,23)24/h4-11H,3,12-14H2,1-2H3,(H,25,28)(H,26,29). The van der Waals surface area contributed by atoms with Crippen molar-refractivity contribution in [2.75, 3.05) is 32.1 Å². The molecule has 0 heterocycles. The van der Waals surface area contributed by atoms with Gasteiger partial charge in [0.25, 0.3) is 0 Å². The van der Waals surface area contributed by atoms with Crippen LogP contribution in [0.2, 0.25) is 0 Å². The molecule has 0 aromatic heterocycles. The number of carbonyl (C=O) groups is 2. The van der Waals surface area contributed by atoms with Crippen LogP contribution in [0.3, 0.4) is 0 Å². The molecule has 0 aliphatic heterocycles. The number of nitrogens with one attached hydrogen (secondary N) is 2. The fourth-order valence-electron chi connectivity index (χ4n) is 2.68. The van der Waals surface area contributed by atoms with Gasteiger partial charge in [-0.25, -0.2) is 0 Å². The molecule has 0 unspecified atom stereocenters. The highest BCUT2D eigenvalue weighted by molar-refractivity contribution is 5.92. The first-order chi connectivity index (χ1) is 14.7. The lowest BCUT2D eigenvalue weighted by Gasteiger charge is -2.20. The maximum atomic E-state index is 12.5. The summed E-state index contributed by atoms with van der Waals surface area (Å²) in [6.45, 7) is 1.97. The minimum absolute atomic E-state index is 0.0241. The predicted octanol–water partition coefficient (Wildman–Crippen LogP) is 3.17. The van der Waals surface area contributed by atoms with E-state index in [1.165, 1.54) is 18.2 Å². The van der Waals surface area contributed by atoms with E-state index >= 15 is 0 Å². The zero-order valence-electron chi connectivity index (χ0n) is 17.2. The van der Waals surface area contributed by atoms with Gasteiger partial charge in [-0.2, -0.15) is 0 Å². The third-order valence-electron chi connectivity index (χ3n) is 4.23. The summed E-state index contributed by atoms with van der Waals surface area (Å²) < 4.78 is 46.5. The molecule has 0 bridgehead atoms. The topological polar surface area (TPSA) is 79.9 Å². The fraction of sp³-hybridized carbons (Fsp3) is 0.333. The number of halogens is 3.